The van der Waals surface area contributed by atoms with Crippen LogP contribution < -0.4 is 5.32 Å². The van der Waals surface area contributed by atoms with Crippen molar-refractivity contribution in [1.29, 1.82) is 0 Å². The maximum atomic E-state index is 14.2. The second-order valence-electron chi connectivity index (χ2n) is 4.55. The van der Waals surface area contributed by atoms with Gasteiger partial charge in [0.1, 0.15) is 5.82 Å². The lowest BCUT2D eigenvalue weighted by atomic mass is 10.0. The van der Waals surface area contributed by atoms with E-state index < -0.39 is 0 Å². The molecule has 0 bridgehead atoms. The molecule has 3 nitrogen and oxygen atoms in total. The summed E-state index contributed by atoms with van der Waals surface area (Å²) >= 11 is 12.0. The van der Waals surface area contributed by atoms with Crippen molar-refractivity contribution in [2.75, 3.05) is 6.54 Å². The summed E-state index contributed by atoms with van der Waals surface area (Å²) in [5.41, 5.74) is 1.25. The van der Waals surface area contributed by atoms with Crippen molar-refractivity contribution < 1.29 is 4.39 Å². The first-order valence-electron chi connectivity index (χ1n) is 6.40. The molecule has 0 spiro atoms. The van der Waals surface area contributed by atoms with Gasteiger partial charge in [0, 0.05) is 17.6 Å². The van der Waals surface area contributed by atoms with Gasteiger partial charge < -0.3 is 5.32 Å². The van der Waals surface area contributed by atoms with E-state index in [4.69, 9.17) is 23.2 Å². The van der Waals surface area contributed by atoms with E-state index >= 15 is 0 Å². The zero-order valence-electron chi connectivity index (χ0n) is 11.3. The zero-order chi connectivity index (χ0) is 14.7. The van der Waals surface area contributed by atoms with E-state index in [0.29, 0.717) is 15.6 Å². The summed E-state index contributed by atoms with van der Waals surface area (Å²) in [6, 6.07) is 4.30. The predicted octanol–water partition coefficient (Wildman–Crippen LogP) is 3.96. The van der Waals surface area contributed by atoms with Crippen molar-refractivity contribution >= 4 is 23.2 Å². The van der Waals surface area contributed by atoms with E-state index in [9.17, 15) is 4.39 Å². The first-order valence-corrected chi connectivity index (χ1v) is 7.16. The molecule has 6 heteroatoms. The Hall–Kier alpha value is -1.10. The van der Waals surface area contributed by atoms with Gasteiger partial charge in [-0.3, -0.25) is 4.68 Å². The van der Waals surface area contributed by atoms with E-state index in [2.05, 4.69) is 10.4 Å². The van der Waals surface area contributed by atoms with Crippen molar-refractivity contribution in [1.82, 2.24) is 15.1 Å². The van der Waals surface area contributed by atoms with Gasteiger partial charge in [0.2, 0.25) is 0 Å². The summed E-state index contributed by atoms with van der Waals surface area (Å²) in [6.45, 7) is 2.79. The lowest BCUT2D eigenvalue weighted by Gasteiger charge is -2.20. The molecular formula is C14H16Cl2FN3. The van der Waals surface area contributed by atoms with Gasteiger partial charge in [-0.15, -0.1) is 0 Å². The number of aryl methyl sites for hydroxylation is 1. The quantitative estimate of drug-likeness (QED) is 0.905. The molecule has 0 radical (unpaired) electrons. The summed E-state index contributed by atoms with van der Waals surface area (Å²) in [7, 11) is 1.79. The number of nitrogens with one attached hydrogen (secondary N) is 1. The highest BCUT2D eigenvalue weighted by Crippen LogP contribution is 2.30. The van der Waals surface area contributed by atoms with Crippen molar-refractivity contribution in [2.24, 2.45) is 7.05 Å². The van der Waals surface area contributed by atoms with Gasteiger partial charge in [-0.1, -0.05) is 36.2 Å². The molecule has 0 aliphatic carbocycles. The fraction of sp³-hybridized carbons (Fsp3) is 0.357. The van der Waals surface area contributed by atoms with Gasteiger partial charge >= 0.3 is 0 Å². The number of nitrogens with zero attached hydrogens (tertiary/aromatic N) is 2. The fourth-order valence-electron chi connectivity index (χ4n) is 2.12. The Kier molecular flexibility index (Phi) is 5.02. The molecule has 1 aromatic heterocycles. The molecule has 2 aromatic rings. The molecule has 0 saturated heterocycles. The van der Waals surface area contributed by atoms with Crippen molar-refractivity contribution in [3.8, 4) is 0 Å². The molecule has 1 N–H and O–H groups in total. The lowest BCUT2D eigenvalue weighted by Crippen LogP contribution is -2.26. The number of benzene rings is 1. The first-order chi connectivity index (χ1) is 9.54. The van der Waals surface area contributed by atoms with Crippen LogP contribution in [0.15, 0.2) is 24.4 Å². The molecule has 0 aliphatic rings. The van der Waals surface area contributed by atoms with Crippen LogP contribution in [0.2, 0.25) is 10.0 Å². The predicted molar refractivity (Wildman–Crippen MR) is 79.8 cm³/mol. The molecule has 1 unspecified atom stereocenters. The summed E-state index contributed by atoms with van der Waals surface area (Å²) in [5, 5.41) is 8.30. The topological polar surface area (TPSA) is 29.9 Å². The van der Waals surface area contributed by atoms with Gasteiger partial charge in [0.15, 0.2) is 0 Å². The van der Waals surface area contributed by atoms with E-state index in [0.717, 1.165) is 18.7 Å². The zero-order valence-corrected chi connectivity index (χ0v) is 12.8. The molecule has 0 amide bonds. The minimum absolute atomic E-state index is 0.354. The molecule has 0 saturated carbocycles. The molecular weight excluding hydrogens is 300 g/mol. The minimum atomic E-state index is -0.358. The molecule has 1 atom stereocenters. The summed E-state index contributed by atoms with van der Waals surface area (Å²) in [4.78, 5) is 0. The Balaban J connectivity index is 2.47. The van der Waals surface area contributed by atoms with Crippen LogP contribution >= 0.6 is 23.2 Å². The van der Waals surface area contributed by atoms with Crippen LogP contribution in [0.5, 0.6) is 0 Å². The van der Waals surface area contributed by atoms with Crippen molar-refractivity contribution in [2.45, 2.75) is 19.4 Å². The van der Waals surface area contributed by atoms with E-state index in [1.807, 2.05) is 6.92 Å². The summed E-state index contributed by atoms with van der Waals surface area (Å²) < 4.78 is 15.8. The van der Waals surface area contributed by atoms with Gasteiger partial charge in [-0.2, -0.15) is 5.10 Å². The molecule has 0 aliphatic heterocycles. The Morgan fingerprint density at radius 2 is 2.15 bits per heavy atom. The average Bonchev–Trinajstić information content (AvgIpc) is 2.72. The Morgan fingerprint density at radius 3 is 2.70 bits per heavy atom. The van der Waals surface area contributed by atoms with Crippen LogP contribution in [0, 0.1) is 5.82 Å². The van der Waals surface area contributed by atoms with Crippen LogP contribution in [0.3, 0.4) is 0 Å². The maximum absolute atomic E-state index is 14.2. The first kappa shape index (κ1) is 15.3. The van der Waals surface area contributed by atoms with Crippen LogP contribution in [0.4, 0.5) is 4.39 Å². The number of rotatable bonds is 5. The van der Waals surface area contributed by atoms with Crippen LogP contribution in [0.1, 0.15) is 30.6 Å². The molecule has 2 rings (SSSR count). The summed E-state index contributed by atoms with van der Waals surface area (Å²) in [6.07, 6.45) is 2.49. The standard InChI is InChI=1S/C14H16Cl2FN3/c1-3-6-18-13(14-11(16)8-19-20(14)2)10-5-4-9(15)7-12(10)17/h4-5,7-8,13,18H,3,6H2,1-2H3. The average molecular weight is 316 g/mol. The smallest absolute Gasteiger partial charge is 0.129 e. The second kappa shape index (κ2) is 6.57. The van der Waals surface area contributed by atoms with Crippen LogP contribution in [0.25, 0.3) is 0 Å². The normalized spacial score (nSPS) is 12.7. The lowest BCUT2D eigenvalue weighted by molar-refractivity contribution is 0.520. The van der Waals surface area contributed by atoms with Gasteiger partial charge in [-0.25, -0.2) is 4.39 Å². The van der Waals surface area contributed by atoms with Crippen molar-refractivity contribution in [3.63, 3.8) is 0 Å². The number of halogens is 3. The highest BCUT2D eigenvalue weighted by molar-refractivity contribution is 6.31. The molecule has 1 heterocycles. The highest BCUT2D eigenvalue weighted by Gasteiger charge is 2.23. The molecule has 108 valence electrons. The summed E-state index contributed by atoms with van der Waals surface area (Å²) in [5.74, 6) is -0.358. The Labute approximate surface area is 127 Å². The third kappa shape index (κ3) is 3.14. The van der Waals surface area contributed by atoms with E-state index in [1.165, 1.54) is 6.07 Å². The Bertz CT molecular complexity index is 579. The molecule has 20 heavy (non-hydrogen) atoms. The largest absolute Gasteiger partial charge is 0.305 e. The van der Waals surface area contributed by atoms with Crippen molar-refractivity contribution in [3.05, 3.63) is 51.5 Å². The second-order valence-corrected chi connectivity index (χ2v) is 5.40. The third-order valence-electron chi connectivity index (χ3n) is 3.08. The number of hydrogen-bond donors (Lipinski definition) is 1. The Morgan fingerprint density at radius 1 is 1.40 bits per heavy atom. The van der Waals surface area contributed by atoms with Gasteiger partial charge in [-0.05, 0) is 25.1 Å². The highest BCUT2D eigenvalue weighted by atomic mass is 35.5. The van der Waals surface area contributed by atoms with E-state index in [1.54, 1.807) is 30.1 Å². The molecule has 0 fully saturated rings. The van der Waals surface area contributed by atoms with E-state index in [-0.39, 0.29) is 11.9 Å². The third-order valence-corrected chi connectivity index (χ3v) is 3.61. The monoisotopic (exact) mass is 315 g/mol. The number of hydrogen-bond acceptors (Lipinski definition) is 2. The maximum Gasteiger partial charge on any atom is 0.129 e. The minimum Gasteiger partial charge on any atom is -0.305 e. The fourth-order valence-corrected chi connectivity index (χ4v) is 2.56. The van der Waals surface area contributed by atoms with Gasteiger partial charge in [0.25, 0.3) is 0 Å². The van der Waals surface area contributed by atoms with Crippen LogP contribution in [-0.2, 0) is 7.05 Å². The SMILES string of the molecule is CCCNC(c1ccc(Cl)cc1F)c1c(Cl)cnn1C. The van der Waals surface area contributed by atoms with Crippen LogP contribution in [-0.4, -0.2) is 16.3 Å². The number of aromatic nitrogens is 2. The molecule has 1 aromatic carbocycles. The van der Waals surface area contributed by atoms with Gasteiger partial charge in [0.05, 0.1) is 23.0 Å².